The summed E-state index contributed by atoms with van der Waals surface area (Å²) in [7, 11) is 1.56. The highest BCUT2D eigenvalue weighted by Crippen LogP contribution is 2.33. The summed E-state index contributed by atoms with van der Waals surface area (Å²) in [5.74, 6) is 0.476. The molecule has 1 aliphatic heterocycles. The van der Waals surface area contributed by atoms with Crippen LogP contribution in [0.25, 0.3) is 0 Å². The molecule has 0 bridgehead atoms. The highest BCUT2D eigenvalue weighted by Gasteiger charge is 2.18. The average molecular weight is 320 g/mol. The second-order valence-corrected chi connectivity index (χ2v) is 5.89. The van der Waals surface area contributed by atoms with Crippen LogP contribution in [-0.2, 0) is 0 Å². The van der Waals surface area contributed by atoms with Crippen molar-refractivity contribution >= 4 is 23.6 Å². The minimum Gasteiger partial charge on any atom is -0.372 e. The number of thioether (sulfide) groups is 1. The third-order valence-electron chi connectivity index (χ3n) is 3.21. The maximum atomic E-state index is 11.5. The van der Waals surface area contributed by atoms with E-state index in [1.54, 1.807) is 7.05 Å². The minimum atomic E-state index is -0.309. The van der Waals surface area contributed by atoms with Crippen LogP contribution >= 0.6 is 11.8 Å². The summed E-state index contributed by atoms with van der Waals surface area (Å²) in [6.45, 7) is 15.8. The van der Waals surface area contributed by atoms with Crippen molar-refractivity contribution in [2.24, 2.45) is 4.99 Å². The van der Waals surface area contributed by atoms with Gasteiger partial charge in [-0.1, -0.05) is 24.9 Å². The van der Waals surface area contributed by atoms with Crippen molar-refractivity contribution in [3.63, 3.8) is 0 Å². The summed E-state index contributed by atoms with van der Waals surface area (Å²) < 4.78 is 0. The third-order valence-corrected chi connectivity index (χ3v) is 4.17. The number of amides is 2. The lowest BCUT2D eigenvalue weighted by Crippen LogP contribution is -2.38. The average Bonchev–Trinajstić information content (AvgIpc) is 2.51. The van der Waals surface area contributed by atoms with Crippen LogP contribution in [0, 0.1) is 0 Å². The first-order valence-corrected chi connectivity index (χ1v) is 8.02. The maximum absolute atomic E-state index is 11.5. The zero-order chi connectivity index (χ0) is 16.7. The summed E-state index contributed by atoms with van der Waals surface area (Å²) in [5.41, 5.74) is 1.82. The van der Waals surface area contributed by atoms with Crippen molar-refractivity contribution < 1.29 is 4.79 Å². The quantitative estimate of drug-likeness (QED) is 0.765. The van der Waals surface area contributed by atoms with Gasteiger partial charge in [-0.15, -0.1) is 0 Å². The lowest BCUT2D eigenvalue weighted by Gasteiger charge is -2.23. The molecule has 22 heavy (non-hydrogen) atoms. The normalized spacial score (nSPS) is 15.4. The van der Waals surface area contributed by atoms with Gasteiger partial charge in [0.2, 0.25) is 0 Å². The molecule has 2 N–H and O–H groups in total. The Kier molecular flexibility index (Phi) is 6.98. The number of nitrogens with one attached hydrogen (secondary N) is 2. The van der Waals surface area contributed by atoms with Gasteiger partial charge in [-0.3, -0.25) is 5.32 Å². The number of hydrogen-bond donors (Lipinski definition) is 2. The molecule has 0 aliphatic carbocycles. The summed E-state index contributed by atoms with van der Waals surface area (Å²) >= 11 is 1.50. The smallest absolute Gasteiger partial charge is 0.320 e. The molecular weight excluding hydrogens is 296 g/mol. The van der Waals surface area contributed by atoms with Crippen LogP contribution in [0.5, 0.6) is 0 Å². The Morgan fingerprint density at radius 1 is 1.41 bits per heavy atom. The zero-order valence-corrected chi connectivity index (χ0v) is 14.5. The molecule has 5 nitrogen and oxygen atoms in total. The van der Waals surface area contributed by atoms with Gasteiger partial charge >= 0.3 is 6.03 Å². The van der Waals surface area contributed by atoms with Gasteiger partial charge in [-0.2, -0.15) is 0 Å². The van der Waals surface area contributed by atoms with E-state index in [2.05, 4.69) is 47.5 Å². The van der Waals surface area contributed by atoms with Gasteiger partial charge in [0.1, 0.15) is 5.84 Å². The molecule has 0 atom stereocenters. The largest absolute Gasteiger partial charge is 0.372 e. The highest BCUT2D eigenvalue weighted by molar-refractivity contribution is 8.07. The van der Waals surface area contributed by atoms with Crippen LogP contribution in [0.1, 0.15) is 20.8 Å². The molecule has 1 rings (SSSR count). The summed E-state index contributed by atoms with van der Waals surface area (Å²) in [6, 6.07) is -0.309. The molecule has 0 unspecified atom stereocenters. The second-order valence-electron chi connectivity index (χ2n) is 4.58. The standard InChI is InChI=1S/C16H24N4OS/c1-7-13(20(8-2)9-3)10-14-11(4)22-12(5)15(18-14)19-16(21)17-6/h7,10H,1,5,8-9H2,2-4,6H3,(H2,17,18,19,21)/b13-10+. The number of aliphatic imine (C=N–C) groups is 1. The Bertz CT molecular complexity index is 556. The van der Waals surface area contributed by atoms with E-state index in [0.717, 1.165) is 34.3 Å². The third kappa shape index (κ3) is 4.53. The fourth-order valence-corrected chi connectivity index (χ4v) is 2.73. The van der Waals surface area contributed by atoms with Crippen LogP contribution in [0.15, 0.2) is 51.5 Å². The van der Waals surface area contributed by atoms with Gasteiger partial charge in [-0.25, -0.2) is 9.79 Å². The summed E-state index contributed by atoms with van der Waals surface area (Å²) in [4.78, 5) is 20.0. The minimum absolute atomic E-state index is 0.309. The fourth-order valence-electron chi connectivity index (χ4n) is 1.96. The van der Waals surface area contributed by atoms with Crippen LogP contribution in [0.3, 0.4) is 0 Å². The molecule has 120 valence electrons. The van der Waals surface area contributed by atoms with Crippen molar-refractivity contribution in [2.75, 3.05) is 20.1 Å². The zero-order valence-electron chi connectivity index (χ0n) is 13.7. The van der Waals surface area contributed by atoms with Gasteiger partial charge in [-0.05, 0) is 32.9 Å². The van der Waals surface area contributed by atoms with E-state index in [0.29, 0.717) is 5.84 Å². The fraction of sp³-hybridized carbons (Fsp3) is 0.375. The number of urea groups is 1. The van der Waals surface area contributed by atoms with E-state index in [9.17, 15) is 4.79 Å². The van der Waals surface area contributed by atoms with Crippen LogP contribution < -0.4 is 10.6 Å². The first-order chi connectivity index (χ1) is 10.5. The number of amidine groups is 1. The van der Waals surface area contributed by atoms with Gasteiger partial charge in [0, 0.05) is 35.6 Å². The van der Waals surface area contributed by atoms with Crippen molar-refractivity contribution in [1.82, 2.24) is 15.5 Å². The maximum Gasteiger partial charge on any atom is 0.320 e. The topological polar surface area (TPSA) is 56.7 Å². The molecule has 2 amide bonds. The summed E-state index contributed by atoms with van der Waals surface area (Å²) in [5, 5.41) is 5.20. The molecule has 0 saturated heterocycles. The number of nitrogens with zero attached hydrogens (tertiary/aromatic N) is 2. The van der Waals surface area contributed by atoms with Crippen LogP contribution in [-0.4, -0.2) is 36.9 Å². The predicted octanol–water partition coefficient (Wildman–Crippen LogP) is 3.22. The number of allylic oxidation sites excluding steroid dienone is 3. The Balaban J connectivity index is 3.15. The molecule has 0 saturated carbocycles. The first kappa shape index (κ1) is 18.1. The monoisotopic (exact) mass is 320 g/mol. The molecule has 0 radical (unpaired) electrons. The van der Waals surface area contributed by atoms with Crippen LogP contribution in [0.2, 0.25) is 0 Å². The first-order valence-electron chi connectivity index (χ1n) is 7.21. The van der Waals surface area contributed by atoms with Gasteiger partial charge < -0.3 is 10.2 Å². The van der Waals surface area contributed by atoms with Crippen molar-refractivity contribution in [1.29, 1.82) is 0 Å². The number of hydrogen-bond acceptors (Lipinski definition) is 4. The second kappa shape index (κ2) is 8.48. The van der Waals surface area contributed by atoms with Crippen molar-refractivity contribution in [3.8, 4) is 0 Å². The van der Waals surface area contributed by atoms with E-state index in [1.807, 2.05) is 19.1 Å². The SMILES string of the molecule is C=C/C(=C\C1=C(C)SC(=C)C(NC(=O)NC)=N1)N(CC)CC. The Hall–Kier alpha value is -1.95. The Morgan fingerprint density at radius 2 is 2.05 bits per heavy atom. The van der Waals surface area contributed by atoms with E-state index < -0.39 is 0 Å². The van der Waals surface area contributed by atoms with Gasteiger partial charge in [0.05, 0.1) is 5.70 Å². The molecule has 0 aromatic carbocycles. The lowest BCUT2D eigenvalue weighted by atomic mass is 10.2. The van der Waals surface area contributed by atoms with E-state index in [4.69, 9.17) is 0 Å². The van der Waals surface area contributed by atoms with E-state index in [1.165, 1.54) is 11.8 Å². The number of rotatable bonds is 5. The van der Waals surface area contributed by atoms with E-state index >= 15 is 0 Å². The van der Waals surface area contributed by atoms with Gasteiger partial charge in [0.15, 0.2) is 0 Å². The molecule has 1 heterocycles. The van der Waals surface area contributed by atoms with Crippen molar-refractivity contribution in [2.45, 2.75) is 20.8 Å². The van der Waals surface area contributed by atoms with Crippen LogP contribution in [0.4, 0.5) is 4.79 Å². The molecule has 0 aromatic heterocycles. The molecule has 1 aliphatic rings. The molecule has 0 spiro atoms. The number of likely N-dealkylation sites (N-methyl/N-ethyl adjacent to an activating group) is 1. The Labute approximate surface area is 136 Å². The molecule has 6 heteroatoms. The summed E-state index contributed by atoms with van der Waals surface area (Å²) in [6.07, 6.45) is 3.81. The van der Waals surface area contributed by atoms with Crippen molar-refractivity contribution in [3.05, 3.63) is 46.5 Å². The predicted molar refractivity (Wildman–Crippen MR) is 95.7 cm³/mol. The lowest BCUT2D eigenvalue weighted by molar-refractivity contribution is 0.247. The molecular formula is C16H24N4OS. The molecule has 0 fully saturated rings. The van der Waals surface area contributed by atoms with Gasteiger partial charge in [0.25, 0.3) is 0 Å². The molecule has 0 aromatic rings. The number of carbonyl (C=O) groups excluding carboxylic acids is 1. The Morgan fingerprint density at radius 3 is 2.55 bits per heavy atom. The highest BCUT2D eigenvalue weighted by atomic mass is 32.2. The van der Waals surface area contributed by atoms with E-state index in [-0.39, 0.29) is 6.03 Å². The number of carbonyl (C=O) groups is 1.